The normalized spacial score (nSPS) is 30.7. The summed E-state index contributed by atoms with van der Waals surface area (Å²) >= 11 is 0. The molecule has 0 aromatic rings. The second-order valence-electron chi connectivity index (χ2n) is 20.9. The van der Waals surface area contributed by atoms with Crippen molar-refractivity contribution in [3.05, 3.63) is 0 Å². The van der Waals surface area contributed by atoms with Gasteiger partial charge in [0.15, 0.2) is 76.4 Å². The Morgan fingerprint density at radius 2 is 0.922 bits per heavy atom. The van der Waals surface area contributed by atoms with E-state index in [1.807, 2.05) is 0 Å². The van der Waals surface area contributed by atoms with Crippen molar-refractivity contribution in [1.29, 1.82) is 0 Å². The standard InChI is InChI=1S/C33H76O11Si7/c1-45(2,3)35-22-25-28(41-48(10,11)12)27(34)30(43-50(16,17)18)32(38-25)40-33(24-37-47(7,8)9)31(44-51(19,20)21)29(42-49(13,14)15)26(39-33)23-36-46(4,5)6/h25-26,28-32H,22-24H2,1-21H3/t25-,26-,28-,29-,30-,31+,32-,33+/m1/s1. The van der Waals surface area contributed by atoms with Crippen molar-refractivity contribution in [2.24, 2.45) is 0 Å². The van der Waals surface area contributed by atoms with Crippen LogP contribution < -0.4 is 0 Å². The van der Waals surface area contributed by atoms with Crippen molar-refractivity contribution in [3.63, 3.8) is 0 Å². The molecule has 0 bridgehead atoms. The van der Waals surface area contributed by atoms with Crippen LogP contribution >= 0.6 is 0 Å². The molecule has 2 saturated heterocycles. The molecule has 0 N–H and O–H groups in total. The molecule has 0 radical (unpaired) electrons. The Morgan fingerprint density at radius 3 is 1.33 bits per heavy atom. The van der Waals surface area contributed by atoms with Gasteiger partial charge in [-0.3, -0.25) is 4.79 Å². The van der Waals surface area contributed by atoms with Crippen LogP contribution in [0.15, 0.2) is 0 Å². The Bertz CT molecular complexity index is 1130. The number of ketones is 1. The van der Waals surface area contributed by atoms with Gasteiger partial charge in [0.2, 0.25) is 5.79 Å². The molecule has 0 aromatic carbocycles. The van der Waals surface area contributed by atoms with Crippen molar-refractivity contribution in [3.8, 4) is 0 Å². The van der Waals surface area contributed by atoms with Crippen LogP contribution in [0.2, 0.25) is 137 Å². The highest BCUT2D eigenvalue weighted by molar-refractivity contribution is 6.72. The molecule has 2 fully saturated rings. The molecule has 2 aliphatic rings. The third-order valence-corrected chi connectivity index (χ3v) is 14.2. The topological polar surface area (TPSA) is 109 Å². The number of rotatable bonds is 19. The van der Waals surface area contributed by atoms with E-state index < -0.39 is 107 Å². The Hall–Kier alpha value is 0.788. The van der Waals surface area contributed by atoms with Gasteiger partial charge in [0.05, 0.1) is 19.8 Å². The largest absolute Gasteiger partial charge is 0.415 e. The summed E-state index contributed by atoms with van der Waals surface area (Å²) in [4.78, 5) is 14.7. The van der Waals surface area contributed by atoms with Crippen LogP contribution in [-0.4, -0.2) is 133 Å². The summed E-state index contributed by atoms with van der Waals surface area (Å²) in [5, 5.41) is 0. The maximum atomic E-state index is 14.7. The molecule has 18 heteroatoms. The lowest BCUT2D eigenvalue weighted by Crippen LogP contribution is -2.65. The zero-order valence-electron chi connectivity index (χ0n) is 36.2. The van der Waals surface area contributed by atoms with Gasteiger partial charge in [-0.05, 0) is 137 Å². The fourth-order valence-corrected chi connectivity index (χ4v) is 11.6. The number of Topliss-reactive ketones (excluding diaryl/α,β-unsaturated/α-hetero) is 1. The fourth-order valence-electron chi connectivity index (χ4n) is 5.49. The number of carbonyl (C=O) groups is 1. The van der Waals surface area contributed by atoms with Crippen LogP contribution in [0.1, 0.15) is 0 Å². The number of hydrogen-bond donors (Lipinski definition) is 0. The molecule has 0 aliphatic carbocycles. The van der Waals surface area contributed by atoms with Crippen molar-refractivity contribution in [2.75, 3.05) is 19.8 Å². The Balaban J connectivity index is 2.84. The van der Waals surface area contributed by atoms with Gasteiger partial charge in [-0.1, -0.05) is 0 Å². The van der Waals surface area contributed by atoms with Crippen LogP contribution in [0.3, 0.4) is 0 Å². The van der Waals surface area contributed by atoms with Crippen LogP contribution in [0.5, 0.6) is 0 Å². The van der Waals surface area contributed by atoms with Crippen LogP contribution in [0.25, 0.3) is 0 Å². The quantitative estimate of drug-likeness (QED) is 0.119. The molecule has 0 amide bonds. The summed E-state index contributed by atoms with van der Waals surface area (Å²) in [6.45, 7) is 45.1. The molecule has 0 unspecified atom stereocenters. The molecule has 0 aromatic heterocycles. The average molecular weight is 846 g/mol. The molecular formula is C33H76O11Si7. The summed E-state index contributed by atoms with van der Waals surface area (Å²) in [7, 11) is -15.1. The summed E-state index contributed by atoms with van der Waals surface area (Å²) in [6, 6.07) is 0. The summed E-state index contributed by atoms with van der Waals surface area (Å²) in [6.07, 6.45) is -5.49. The lowest BCUT2D eigenvalue weighted by molar-refractivity contribution is -0.358. The van der Waals surface area contributed by atoms with Gasteiger partial charge >= 0.3 is 0 Å². The first kappa shape index (κ1) is 47.9. The van der Waals surface area contributed by atoms with Crippen LogP contribution in [-0.2, 0) is 50.0 Å². The molecule has 302 valence electrons. The van der Waals surface area contributed by atoms with E-state index in [2.05, 4.69) is 137 Å². The zero-order valence-corrected chi connectivity index (χ0v) is 43.2. The molecule has 0 spiro atoms. The van der Waals surface area contributed by atoms with Gasteiger partial charge in [0.25, 0.3) is 0 Å². The van der Waals surface area contributed by atoms with E-state index in [1.165, 1.54) is 0 Å². The van der Waals surface area contributed by atoms with Gasteiger partial charge in [0.1, 0.15) is 30.5 Å². The Kier molecular flexibility index (Phi) is 16.1. The first-order valence-electron chi connectivity index (χ1n) is 18.7. The molecule has 2 aliphatic heterocycles. The fraction of sp³-hybridized carbons (Fsp3) is 0.970. The second-order valence-corrected chi connectivity index (χ2v) is 52.3. The first-order chi connectivity index (χ1) is 22.5. The van der Waals surface area contributed by atoms with Gasteiger partial charge < -0.3 is 45.2 Å². The first-order valence-corrected chi connectivity index (χ1v) is 42.5. The molecule has 8 atom stereocenters. The van der Waals surface area contributed by atoms with Gasteiger partial charge in [-0.25, -0.2) is 0 Å². The van der Waals surface area contributed by atoms with Crippen molar-refractivity contribution in [1.82, 2.24) is 0 Å². The highest BCUT2D eigenvalue weighted by Crippen LogP contribution is 2.43. The zero-order chi connectivity index (χ0) is 39.8. The summed E-state index contributed by atoms with van der Waals surface area (Å²) in [5.74, 6) is -1.70. The molecular weight excluding hydrogens is 769 g/mol. The van der Waals surface area contributed by atoms with E-state index in [0.29, 0.717) is 6.61 Å². The minimum Gasteiger partial charge on any atom is -0.415 e. The number of hydrogen-bond acceptors (Lipinski definition) is 11. The molecule has 0 saturated carbocycles. The number of carbonyl (C=O) groups excluding carboxylic acids is 1. The maximum Gasteiger partial charge on any atom is 0.222 e. The molecule has 2 heterocycles. The summed E-state index contributed by atoms with van der Waals surface area (Å²) in [5.41, 5.74) is 0. The van der Waals surface area contributed by atoms with Gasteiger partial charge in [-0.15, -0.1) is 0 Å². The van der Waals surface area contributed by atoms with E-state index in [-0.39, 0.29) is 19.0 Å². The predicted molar refractivity (Wildman–Crippen MR) is 223 cm³/mol. The van der Waals surface area contributed by atoms with E-state index in [9.17, 15) is 4.79 Å². The van der Waals surface area contributed by atoms with E-state index in [1.54, 1.807) is 0 Å². The summed E-state index contributed by atoms with van der Waals surface area (Å²) < 4.78 is 68.1. The highest BCUT2D eigenvalue weighted by atomic mass is 28.4. The predicted octanol–water partition coefficient (Wildman–Crippen LogP) is 7.83. The van der Waals surface area contributed by atoms with E-state index in [4.69, 9.17) is 45.2 Å². The molecule has 2 rings (SSSR count). The Morgan fingerprint density at radius 1 is 0.510 bits per heavy atom. The lowest BCUT2D eigenvalue weighted by Gasteiger charge is -2.47. The lowest BCUT2D eigenvalue weighted by atomic mass is 10.0. The van der Waals surface area contributed by atoms with E-state index >= 15 is 0 Å². The van der Waals surface area contributed by atoms with E-state index in [0.717, 1.165) is 0 Å². The van der Waals surface area contributed by atoms with Gasteiger partial charge in [0, 0.05) is 0 Å². The van der Waals surface area contributed by atoms with Crippen molar-refractivity contribution >= 4 is 64.0 Å². The van der Waals surface area contributed by atoms with Crippen molar-refractivity contribution in [2.45, 2.75) is 186 Å². The molecule has 51 heavy (non-hydrogen) atoms. The minimum atomic E-state index is -2.34. The third-order valence-electron chi connectivity index (χ3n) is 7.22. The number of ether oxygens (including phenoxy) is 3. The smallest absolute Gasteiger partial charge is 0.222 e. The average Bonchev–Trinajstić information content (AvgIpc) is 3.11. The third kappa shape index (κ3) is 17.2. The van der Waals surface area contributed by atoms with Crippen LogP contribution in [0.4, 0.5) is 0 Å². The van der Waals surface area contributed by atoms with Crippen LogP contribution in [0, 0.1) is 0 Å². The highest BCUT2D eigenvalue weighted by Gasteiger charge is 2.63. The monoisotopic (exact) mass is 844 g/mol. The SMILES string of the molecule is C[Si](C)(C)OC[C@H]1O[C@@](CO[Si](C)(C)C)(O[C@H]2O[C@H](CO[Si](C)(C)C)[C@@H](O[Si](C)(C)C)C(=O)[C@H]2O[Si](C)(C)C)[C@@H](O[Si](C)(C)C)[C@@H]1O[Si](C)(C)C. The maximum absolute atomic E-state index is 14.7. The molecule has 11 nitrogen and oxygen atoms in total. The van der Waals surface area contributed by atoms with Crippen molar-refractivity contribution < 1.29 is 50.0 Å². The minimum absolute atomic E-state index is 0.0610. The Labute approximate surface area is 318 Å². The van der Waals surface area contributed by atoms with Gasteiger partial charge in [-0.2, -0.15) is 0 Å². The second kappa shape index (κ2) is 17.1.